The Balaban J connectivity index is 1.24. The van der Waals surface area contributed by atoms with E-state index >= 15 is 0 Å². The monoisotopic (exact) mass is 411 g/mol. The highest BCUT2D eigenvalue weighted by molar-refractivity contribution is 5.96. The van der Waals surface area contributed by atoms with Crippen molar-refractivity contribution >= 4 is 22.5 Å². The Labute approximate surface area is 181 Å². The lowest BCUT2D eigenvalue weighted by atomic mass is 9.69. The Hall–Kier alpha value is -3.60. The lowest BCUT2D eigenvalue weighted by Crippen LogP contribution is -2.22. The summed E-state index contributed by atoms with van der Waals surface area (Å²) in [6, 6.07) is 22.5. The van der Waals surface area contributed by atoms with Gasteiger partial charge in [0.25, 0.3) is 0 Å². The van der Waals surface area contributed by atoms with Crippen LogP contribution in [0.5, 0.6) is 5.75 Å². The number of methoxy groups -OCH3 is 1. The van der Waals surface area contributed by atoms with Gasteiger partial charge in [0.05, 0.1) is 19.7 Å². The van der Waals surface area contributed by atoms with Crippen LogP contribution in [0.15, 0.2) is 72.9 Å². The number of rotatable bonds is 6. The molecule has 0 aliphatic heterocycles. The molecular weight excluding hydrogens is 386 g/mol. The van der Waals surface area contributed by atoms with Gasteiger partial charge in [-0.15, -0.1) is 0 Å². The summed E-state index contributed by atoms with van der Waals surface area (Å²) >= 11 is 0. The average Bonchev–Trinajstić information content (AvgIpc) is 3.21. The predicted octanol–water partition coefficient (Wildman–Crippen LogP) is 5.41. The predicted molar refractivity (Wildman–Crippen MR) is 123 cm³/mol. The fraction of sp³-hybridized carbons (Fsp3) is 0.231. The molecule has 1 saturated carbocycles. The second-order valence-electron chi connectivity index (χ2n) is 8.20. The molecule has 1 heterocycles. The summed E-state index contributed by atoms with van der Waals surface area (Å²) in [4.78, 5) is 12.8. The van der Waals surface area contributed by atoms with E-state index in [4.69, 9.17) is 4.74 Å². The Bertz CT molecular complexity index is 1200. The highest BCUT2D eigenvalue weighted by Crippen LogP contribution is 2.49. The van der Waals surface area contributed by atoms with E-state index in [0.29, 0.717) is 18.3 Å². The maximum Gasteiger partial charge on any atom is 0.229 e. The van der Waals surface area contributed by atoms with Crippen molar-refractivity contribution in [3.8, 4) is 5.75 Å². The van der Waals surface area contributed by atoms with Gasteiger partial charge in [-0.3, -0.25) is 9.89 Å². The molecule has 0 bridgehead atoms. The van der Waals surface area contributed by atoms with Gasteiger partial charge in [0, 0.05) is 5.56 Å². The van der Waals surface area contributed by atoms with E-state index < -0.39 is 0 Å². The summed E-state index contributed by atoms with van der Waals surface area (Å²) in [5.74, 6) is 2.51. The number of hydrogen-bond acceptors (Lipinski definition) is 3. The van der Waals surface area contributed by atoms with Crippen LogP contribution in [0, 0.1) is 0 Å². The van der Waals surface area contributed by atoms with E-state index in [0.717, 1.165) is 46.3 Å². The van der Waals surface area contributed by atoms with Crippen LogP contribution in [0.1, 0.15) is 41.4 Å². The van der Waals surface area contributed by atoms with Gasteiger partial charge < -0.3 is 10.1 Å². The smallest absolute Gasteiger partial charge is 0.229 e. The quantitative estimate of drug-likeness (QED) is 0.446. The third-order valence-electron chi connectivity index (χ3n) is 6.33. The third-order valence-corrected chi connectivity index (χ3v) is 6.33. The number of hydrogen-bond donors (Lipinski definition) is 2. The van der Waals surface area contributed by atoms with Gasteiger partial charge >= 0.3 is 0 Å². The van der Waals surface area contributed by atoms with E-state index in [2.05, 4.69) is 45.8 Å². The van der Waals surface area contributed by atoms with Crippen molar-refractivity contribution in [3.05, 3.63) is 89.6 Å². The summed E-state index contributed by atoms with van der Waals surface area (Å²) in [6.45, 7) is 0. The van der Waals surface area contributed by atoms with Gasteiger partial charge in [-0.1, -0.05) is 54.6 Å². The minimum atomic E-state index is -0.0344. The average molecular weight is 412 g/mol. The number of aromatic nitrogens is 2. The number of benzene rings is 3. The summed E-state index contributed by atoms with van der Waals surface area (Å²) in [5.41, 5.74) is 3.46. The van der Waals surface area contributed by atoms with E-state index in [1.807, 2.05) is 42.6 Å². The lowest BCUT2D eigenvalue weighted by Gasteiger charge is -2.35. The number of nitrogens with zero attached hydrogens (tertiary/aromatic N) is 1. The molecule has 5 heteroatoms. The first-order chi connectivity index (χ1) is 15.2. The number of aromatic amines is 1. The molecule has 5 rings (SSSR count). The fourth-order valence-electron chi connectivity index (χ4n) is 4.53. The Morgan fingerprint density at radius 3 is 2.61 bits per heavy atom. The molecular formula is C26H25N3O2. The van der Waals surface area contributed by atoms with Crippen molar-refractivity contribution < 1.29 is 9.53 Å². The van der Waals surface area contributed by atoms with Crippen molar-refractivity contribution in [2.75, 3.05) is 12.4 Å². The van der Waals surface area contributed by atoms with E-state index in [-0.39, 0.29) is 5.91 Å². The number of carbonyl (C=O) groups is 1. The maximum atomic E-state index is 12.8. The molecule has 0 atom stereocenters. The number of H-pyrrole nitrogens is 1. The van der Waals surface area contributed by atoms with Crippen molar-refractivity contribution in [3.63, 3.8) is 0 Å². The fourth-order valence-corrected chi connectivity index (χ4v) is 4.53. The van der Waals surface area contributed by atoms with Crippen LogP contribution in [0.4, 0.5) is 5.82 Å². The standard InChI is InChI=1S/C26H25N3O2/c1-31-22-11-9-17(10-12-22)20-13-21(14-20)24-16-27-29-26(24)28-25(30)15-19-7-4-6-18-5-2-3-8-23(18)19/h2-12,16,20-21H,13-15H2,1H3,(H2,27,28,29,30). The molecule has 1 amide bonds. The number of carbonyl (C=O) groups excluding carboxylic acids is 1. The topological polar surface area (TPSA) is 67.0 Å². The number of nitrogens with one attached hydrogen (secondary N) is 2. The normalized spacial score (nSPS) is 17.8. The molecule has 0 radical (unpaired) electrons. The van der Waals surface area contributed by atoms with Gasteiger partial charge in [0.2, 0.25) is 5.91 Å². The van der Waals surface area contributed by atoms with Crippen LogP contribution in [0.2, 0.25) is 0 Å². The summed E-state index contributed by atoms with van der Waals surface area (Å²) in [7, 11) is 1.68. The summed E-state index contributed by atoms with van der Waals surface area (Å²) in [6.07, 6.45) is 4.29. The molecule has 0 spiro atoms. The molecule has 156 valence electrons. The van der Waals surface area contributed by atoms with Crippen LogP contribution in [0.25, 0.3) is 10.8 Å². The van der Waals surface area contributed by atoms with Gasteiger partial charge in [0.15, 0.2) is 0 Å². The molecule has 4 aromatic rings. The molecule has 1 aliphatic rings. The third kappa shape index (κ3) is 3.91. The Morgan fingerprint density at radius 1 is 1.03 bits per heavy atom. The van der Waals surface area contributed by atoms with E-state index in [1.54, 1.807) is 7.11 Å². The molecule has 0 saturated heterocycles. The van der Waals surface area contributed by atoms with Crippen LogP contribution in [0.3, 0.4) is 0 Å². The zero-order chi connectivity index (χ0) is 21.2. The number of amides is 1. The van der Waals surface area contributed by atoms with Crippen LogP contribution in [-0.2, 0) is 11.2 Å². The number of ether oxygens (including phenoxy) is 1. The van der Waals surface area contributed by atoms with E-state index in [1.165, 1.54) is 5.56 Å². The summed E-state index contributed by atoms with van der Waals surface area (Å²) < 4.78 is 5.25. The van der Waals surface area contributed by atoms with Crippen LogP contribution < -0.4 is 10.1 Å². The zero-order valence-electron chi connectivity index (χ0n) is 17.5. The zero-order valence-corrected chi connectivity index (χ0v) is 17.5. The first-order valence-corrected chi connectivity index (χ1v) is 10.6. The molecule has 0 unspecified atom stereocenters. The largest absolute Gasteiger partial charge is 0.497 e. The maximum absolute atomic E-state index is 12.8. The van der Waals surface area contributed by atoms with Gasteiger partial charge in [-0.25, -0.2) is 0 Å². The van der Waals surface area contributed by atoms with Crippen molar-refractivity contribution in [2.24, 2.45) is 0 Å². The minimum Gasteiger partial charge on any atom is -0.497 e. The van der Waals surface area contributed by atoms with Crippen LogP contribution in [-0.4, -0.2) is 23.2 Å². The number of fused-ring (bicyclic) bond motifs is 1. The molecule has 5 nitrogen and oxygen atoms in total. The Kier molecular flexibility index (Phi) is 5.16. The SMILES string of the molecule is COc1ccc(C2CC(c3cn[nH]c3NC(=O)Cc3cccc4ccccc34)C2)cc1. The second-order valence-corrected chi connectivity index (χ2v) is 8.20. The minimum absolute atomic E-state index is 0.0344. The van der Waals surface area contributed by atoms with Gasteiger partial charge in [0.1, 0.15) is 11.6 Å². The van der Waals surface area contributed by atoms with Gasteiger partial charge in [-0.05, 0) is 58.7 Å². The number of anilines is 1. The molecule has 2 N–H and O–H groups in total. The molecule has 1 aliphatic carbocycles. The molecule has 3 aromatic carbocycles. The van der Waals surface area contributed by atoms with Gasteiger partial charge in [-0.2, -0.15) is 5.10 Å². The second kappa shape index (κ2) is 8.26. The van der Waals surface area contributed by atoms with E-state index in [9.17, 15) is 4.79 Å². The Morgan fingerprint density at radius 2 is 1.81 bits per heavy atom. The lowest BCUT2D eigenvalue weighted by molar-refractivity contribution is -0.115. The van der Waals surface area contributed by atoms with Crippen molar-refractivity contribution in [1.82, 2.24) is 10.2 Å². The highest BCUT2D eigenvalue weighted by Gasteiger charge is 2.33. The molecule has 1 fully saturated rings. The highest BCUT2D eigenvalue weighted by atomic mass is 16.5. The first kappa shape index (κ1) is 19.4. The molecule has 1 aromatic heterocycles. The first-order valence-electron chi connectivity index (χ1n) is 10.6. The molecule has 31 heavy (non-hydrogen) atoms. The van der Waals surface area contributed by atoms with Crippen molar-refractivity contribution in [2.45, 2.75) is 31.1 Å². The van der Waals surface area contributed by atoms with Crippen molar-refractivity contribution in [1.29, 1.82) is 0 Å². The summed E-state index contributed by atoms with van der Waals surface area (Å²) in [5, 5.41) is 12.5. The van der Waals surface area contributed by atoms with Crippen LogP contribution >= 0.6 is 0 Å².